The molecule has 0 N–H and O–H groups in total. The van der Waals surface area contributed by atoms with Crippen molar-refractivity contribution in [2.75, 3.05) is 13.4 Å². The zero-order chi connectivity index (χ0) is 24.6. The zero-order valence-electron chi connectivity index (χ0n) is 19.8. The van der Waals surface area contributed by atoms with Gasteiger partial charge in [0.1, 0.15) is 11.4 Å². The Morgan fingerprint density at radius 2 is 1.63 bits per heavy atom. The normalized spacial score (nSPS) is 15.8. The van der Waals surface area contributed by atoms with Crippen LogP contribution in [-0.2, 0) is 10.0 Å². The number of rotatable bonds is 6. The van der Waals surface area contributed by atoms with E-state index in [0.717, 1.165) is 33.6 Å². The molecule has 0 spiro atoms. The molecule has 1 atom stereocenters. The van der Waals surface area contributed by atoms with Gasteiger partial charge >= 0.3 is 0 Å². The number of benzene rings is 3. The van der Waals surface area contributed by atoms with Crippen molar-refractivity contribution >= 4 is 15.7 Å². The van der Waals surface area contributed by atoms with Crippen molar-refractivity contribution in [2.24, 2.45) is 5.10 Å². The Bertz CT molecular complexity index is 1480. The highest BCUT2D eigenvalue weighted by atomic mass is 32.2. The molecule has 7 nitrogen and oxygen atoms in total. The number of methoxy groups -OCH3 is 1. The third-order valence-corrected chi connectivity index (χ3v) is 7.10. The third kappa shape index (κ3) is 4.57. The number of aryl methyl sites for hydroxylation is 1. The Morgan fingerprint density at radius 1 is 0.943 bits per heavy atom. The minimum Gasteiger partial charge on any atom is -0.497 e. The van der Waals surface area contributed by atoms with Crippen molar-refractivity contribution in [3.8, 4) is 22.7 Å². The first kappa shape index (κ1) is 22.9. The van der Waals surface area contributed by atoms with Gasteiger partial charge in [-0.25, -0.2) is 13.1 Å². The molecule has 0 saturated carbocycles. The van der Waals surface area contributed by atoms with E-state index in [4.69, 9.17) is 9.84 Å². The van der Waals surface area contributed by atoms with Crippen molar-refractivity contribution in [3.63, 3.8) is 0 Å². The number of aromatic nitrogens is 2. The van der Waals surface area contributed by atoms with Gasteiger partial charge in [0.05, 0.1) is 30.8 Å². The lowest BCUT2D eigenvalue weighted by molar-refractivity contribution is 0.374. The van der Waals surface area contributed by atoms with E-state index >= 15 is 0 Å². The average Bonchev–Trinajstić information content (AvgIpc) is 3.50. The Morgan fingerprint density at radius 3 is 2.26 bits per heavy atom. The van der Waals surface area contributed by atoms with Gasteiger partial charge in [-0.2, -0.15) is 14.6 Å². The molecular weight excluding hydrogens is 460 g/mol. The summed E-state index contributed by atoms with van der Waals surface area (Å²) in [5, 5.41) is 9.50. The largest absolute Gasteiger partial charge is 0.497 e. The topological polar surface area (TPSA) is 76.8 Å². The molecule has 178 valence electrons. The molecule has 5 rings (SSSR count). The second-order valence-electron chi connectivity index (χ2n) is 8.61. The molecule has 0 fully saturated rings. The minimum absolute atomic E-state index is 0.429. The summed E-state index contributed by atoms with van der Waals surface area (Å²) in [5.74, 6) is 0.713. The summed E-state index contributed by atoms with van der Waals surface area (Å²) in [5.41, 5.74) is 6.10. The van der Waals surface area contributed by atoms with E-state index in [-0.39, 0.29) is 0 Å². The molecule has 0 aliphatic carbocycles. The summed E-state index contributed by atoms with van der Waals surface area (Å²) in [6.45, 7) is 2.04. The fourth-order valence-electron chi connectivity index (χ4n) is 4.25. The second kappa shape index (κ2) is 9.03. The minimum atomic E-state index is -3.60. The standard InChI is InChI=1S/C27H26N4O3S/c1-19-9-11-21(12-10-19)27-24(18-30(29-27)22-7-5-4-6-8-22)25-17-26(31(28-25)35(3,32)33)20-13-15-23(34-2)16-14-20/h4-16,18,26H,17H2,1-3H3/t26-/m0/s1. The van der Waals surface area contributed by atoms with Crippen LogP contribution in [0.1, 0.15) is 29.2 Å². The maximum atomic E-state index is 12.7. The monoisotopic (exact) mass is 486 g/mol. The van der Waals surface area contributed by atoms with E-state index in [0.29, 0.717) is 17.9 Å². The summed E-state index contributed by atoms with van der Waals surface area (Å²) < 4.78 is 33.7. The van der Waals surface area contributed by atoms with Gasteiger partial charge < -0.3 is 4.74 Å². The van der Waals surface area contributed by atoms with E-state index in [2.05, 4.69) is 5.10 Å². The Kier molecular flexibility index (Phi) is 5.90. The predicted molar refractivity (Wildman–Crippen MR) is 137 cm³/mol. The first-order chi connectivity index (χ1) is 16.8. The maximum absolute atomic E-state index is 12.7. The molecule has 0 saturated heterocycles. The fraction of sp³-hybridized carbons (Fsp3) is 0.185. The van der Waals surface area contributed by atoms with Crippen LogP contribution in [0.2, 0.25) is 0 Å². The van der Waals surface area contributed by atoms with Crippen molar-refractivity contribution in [1.82, 2.24) is 14.2 Å². The van der Waals surface area contributed by atoms with E-state index in [9.17, 15) is 8.42 Å². The van der Waals surface area contributed by atoms with E-state index in [1.54, 1.807) is 7.11 Å². The molecule has 3 aromatic carbocycles. The Balaban J connectivity index is 1.61. The molecule has 2 heterocycles. The molecule has 0 radical (unpaired) electrons. The van der Waals surface area contributed by atoms with Gasteiger partial charge in [-0.15, -0.1) is 0 Å². The molecule has 1 aliphatic heterocycles. The number of hydrazone groups is 1. The van der Waals surface area contributed by atoms with Crippen molar-refractivity contribution in [1.29, 1.82) is 0 Å². The molecule has 0 amide bonds. The summed E-state index contributed by atoms with van der Waals surface area (Å²) in [7, 11) is -1.99. The number of hydrogen-bond acceptors (Lipinski definition) is 5. The van der Waals surface area contributed by atoms with Crippen LogP contribution in [0, 0.1) is 6.92 Å². The smallest absolute Gasteiger partial charge is 0.247 e. The summed E-state index contributed by atoms with van der Waals surface area (Å²) >= 11 is 0. The van der Waals surface area contributed by atoms with Gasteiger partial charge in [-0.1, -0.05) is 60.2 Å². The lowest BCUT2D eigenvalue weighted by atomic mass is 9.97. The zero-order valence-corrected chi connectivity index (χ0v) is 20.6. The molecule has 4 aromatic rings. The second-order valence-corrected chi connectivity index (χ2v) is 10.5. The first-order valence-corrected chi connectivity index (χ1v) is 13.1. The van der Waals surface area contributed by atoms with Gasteiger partial charge in [0.2, 0.25) is 10.0 Å². The van der Waals surface area contributed by atoms with Crippen LogP contribution in [0.3, 0.4) is 0 Å². The first-order valence-electron chi connectivity index (χ1n) is 11.3. The maximum Gasteiger partial charge on any atom is 0.247 e. The highest BCUT2D eigenvalue weighted by Gasteiger charge is 2.36. The van der Waals surface area contributed by atoms with Crippen LogP contribution in [0.15, 0.2) is 90.2 Å². The number of hydrogen-bond donors (Lipinski definition) is 0. The highest BCUT2D eigenvalue weighted by molar-refractivity contribution is 7.88. The van der Waals surface area contributed by atoms with Crippen LogP contribution < -0.4 is 4.74 Å². The van der Waals surface area contributed by atoms with E-state index in [1.165, 1.54) is 10.7 Å². The van der Waals surface area contributed by atoms with E-state index in [1.807, 2.05) is 96.7 Å². The number of para-hydroxylation sites is 1. The molecule has 35 heavy (non-hydrogen) atoms. The van der Waals surface area contributed by atoms with Crippen LogP contribution in [0.25, 0.3) is 16.9 Å². The molecule has 0 bridgehead atoms. The van der Waals surface area contributed by atoms with E-state index < -0.39 is 16.1 Å². The van der Waals surface area contributed by atoms with Crippen LogP contribution >= 0.6 is 0 Å². The number of sulfonamides is 1. The summed E-state index contributed by atoms with van der Waals surface area (Å²) in [4.78, 5) is 0. The average molecular weight is 487 g/mol. The Hall–Kier alpha value is -3.91. The van der Waals surface area contributed by atoms with Crippen LogP contribution in [0.4, 0.5) is 0 Å². The van der Waals surface area contributed by atoms with Crippen molar-refractivity contribution in [2.45, 2.75) is 19.4 Å². The predicted octanol–water partition coefficient (Wildman–Crippen LogP) is 4.97. The van der Waals surface area contributed by atoms with Crippen LogP contribution in [0.5, 0.6) is 5.75 Å². The highest BCUT2D eigenvalue weighted by Crippen LogP contribution is 2.37. The quantitative estimate of drug-likeness (QED) is 0.386. The van der Waals surface area contributed by atoms with Crippen molar-refractivity contribution in [3.05, 3.63) is 102 Å². The molecular formula is C27H26N4O3S. The number of nitrogens with zero attached hydrogens (tertiary/aromatic N) is 4. The molecule has 0 unspecified atom stereocenters. The van der Waals surface area contributed by atoms with Gasteiger partial charge in [0.15, 0.2) is 0 Å². The lowest BCUT2D eigenvalue weighted by Crippen LogP contribution is -2.25. The van der Waals surface area contributed by atoms with Crippen molar-refractivity contribution < 1.29 is 13.2 Å². The van der Waals surface area contributed by atoms with Crippen LogP contribution in [-0.4, -0.2) is 41.7 Å². The lowest BCUT2D eigenvalue weighted by Gasteiger charge is -2.21. The van der Waals surface area contributed by atoms with Gasteiger partial charge in [-0.3, -0.25) is 0 Å². The molecule has 1 aromatic heterocycles. The molecule has 1 aliphatic rings. The molecule has 8 heteroatoms. The summed E-state index contributed by atoms with van der Waals surface area (Å²) in [6.07, 6.45) is 3.54. The fourth-order valence-corrected chi connectivity index (χ4v) is 5.16. The summed E-state index contributed by atoms with van der Waals surface area (Å²) in [6, 6.07) is 25.0. The van der Waals surface area contributed by atoms with Gasteiger partial charge in [0, 0.05) is 23.7 Å². The third-order valence-electron chi connectivity index (χ3n) is 6.08. The van der Waals surface area contributed by atoms with Gasteiger partial charge in [0.25, 0.3) is 0 Å². The Labute approximate surface area is 205 Å². The number of ether oxygens (including phenoxy) is 1. The SMILES string of the molecule is COc1ccc([C@@H]2CC(c3cn(-c4ccccc4)nc3-c3ccc(C)cc3)=NN2S(C)(=O)=O)cc1. The van der Waals surface area contributed by atoms with Gasteiger partial charge in [-0.05, 0) is 36.8 Å².